The molecule has 2 N–H and O–H groups in total. The molecule has 0 aromatic heterocycles. The molecule has 1 amide bonds. The second kappa shape index (κ2) is 9.39. The van der Waals surface area contributed by atoms with Crippen molar-refractivity contribution >= 4 is 6.09 Å². The first kappa shape index (κ1) is 15.5. The summed E-state index contributed by atoms with van der Waals surface area (Å²) in [5.74, 6) is 0.0131. The van der Waals surface area contributed by atoms with Crippen molar-refractivity contribution in [3.05, 3.63) is 52.8 Å². The zero-order valence-electron chi connectivity index (χ0n) is 11.2. The molecule has 0 unspecified atom stereocenters. The lowest BCUT2D eigenvalue weighted by atomic mass is 10.2. The second-order valence-electron chi connectivity index (χ2n) is 4.18. The maximum absolute atomic E-state index is 11.4. The van der Waals surface area contributed by atoms with Gasteiger partial charge in [0.05, 0.1) is 0 Å². The van der Waals surface area contributed by atoms with E-state index in [2.05, 4.69) is 10.3 Å². The molecule has 0 aliphatic carbocycles. The number of amides is 1. The summed E-state index contributed by atoms with van der Waals surface area (Å²) in [6.45, 7) is 0.714. The number of nitrogens with zero attached hydrogens (tertiary/aromatic N) is 2. The third-order valence-corrected chi connectivity index (χ3v) is 2.55. The van der Waals surface area contributed by atoms with Crippen molar-refractivity contribution in [2.45, 2.75) is 25.9 Å². The van der Waals surface area contributed by atoms with E-state index in [0.29, 0.717) is 25.8 Å². The number of rotatable bonds is 7. The summed E-state index contributed by atoms with van der Waals surface area (Å²) in [7, 11) is 0. The Morgan fingerprint density at radius 3 is 2.80 bits per heavy atom. The number of nitrogens with one attached hydrogen (secondary N) is 1. The Hall–Kier alpha value is -2.55. The SMILES string of the molecule is N#[N+]/C=C(/O)CCCCNC(=O)OCc1ccccc1. The van der Waals surface area contributed by atoms with Gasteiger partial charge in [-0.2, -0.15) is 0 Å². The van der Waals surface area contributed by atoms with Crippen molar-refractivity contribution in [1.82, 2.24) is 5.32 Å². The monoisotopic (exact) mass is 276 g/mol. The van der Waals surface area contributed by atoms with E-state index in [1.165, 1.54) is 0 Å². The van der Waals surface area contributed by atoms with Crippen LogP contribution in [0.3, 0.4) is 0 Å². The van der Waals surface area contributed by atoms with E-state index in [-0.39, 0.29) is 12.4 Å². The molecule has 0 heterocycles. The molecule has 0 saturated heterocycles. The summed E-state index contributed by atoms with van der Waals surface area (Å²) in [6.07, 6.45) is 2.31. The number of carbonyl (C=O) groups excluding carboxylic acids is 1. The van der Waals surface area contributed by atoms with Crippen LogP contribution < -0.4 is 5.32 Å². The van der Waals surface area contributed by atoms with Gasteiger partial charge in [0.2, 0.25) is 5.39 Å². The Balaban J connectivity index is 2.06. The van der Waals surface area contributed by atoms with Gasteiger partial charge < -0.3 is 15.2 Å². The molecule has 1 rings (SSSR count). The molecule has 0 radical (unpaired) electrons. The molecule has 0 fully saturated rings. The second-order valence-corrected chi connectivity index (χ2v) is 4.18. The lowest BCUT2D eigenvalue weighted by molar-refractivity contribution is 0.139. The number of aliphatic hydroxyl groups excluding tert-OH is 1. The maximum atomic E-state index is 11.4. The lowest BCUT2D eigenvalue weighted by Gasteiger charge is -2.06. The van der Waals surface area contributed by atoms with Crippen molar-refractivity contribution in [3.8, 4) is 0 Å². The van der Waals surface area contributed by atoms with Crippen LogP contribution in [0.4, 0.5) is 4.79 Å². The van der Waals surface area contributed by atoms with Gasteiger partial charge in [0.25, 0.3) is 0 Å². The van der Waals surface area contributed by atoms with Gasteiger partial charge in [0.1, 0.15) is 6.61 Å². The van der Waals surface area contributed by atoms with Gasteiger partial charge in [-0.1, -0.05) is 30.3 Å². The molecule has 0 atom stereocenters. The summed E-state index contributed by atoms with van der Waals surface area (Å²) < 4.78 is 5.04. The van der Waals surface area contributed by atoms with Crippen LogP contribution in [0.15, 0.2) is 42.3 Å². The predicted octanol–water partition coefficient (Wildman–Crippen LogP) is 3.34. The van der Waals surface area contributed by atoms with E-state index in [4.69, 9.17) is 15.2 Å². The summed E-state index contributed by atoms with van der Waals surface area (Å²) in [4.78, 5) is 14.1. The van der Waals surface area contributed by atoms with Crippen LogP contribution in [0, 0.1) is 5.39 Å². The number of hydrogen-bond donors (Lipinski definition) is 2. The molecule has 20 heavy (non-hydrogen) atoms. The molecule has 1 aromatic rings. The highest BCUT2D eigenvalue weighted by atomic mass is 16.5. The minimum atomic E-state index is -0.459. The van der Waals surface area contributed by atoms with E-state index in [1.807, 2.05) is 30.3 Å². The number of benzene rings is 1. The van der Waals surface area contributed by atoms with Crippen LogP contribution in [0.25, 0.3) is 4.98 Å². The molecule has 0 bridgehead atoms. The third kappa shape index (κ3) is 7.01. The summed E-state index contributed by atoms with van der Waals surface area (Å²) in [6, 6.07) is 9.44. The molecule has 0 spiro atoms. The normalized spacial score (nSPS) is 10.7. The molecular weight excluding hydrogens is 258 g/mol. The molecular formula is C14H18N3O3+. The first-order valence-corrected chi connectivity index (χ1v) is 6.39. The number of alkyl carbamates (subject to hydrolysis) is 1. The number of aliphatic hydroxyl groups is 1. The van der Waals surface area contributed by atoms with Crippen LogP contribution in [-0.4, -0.2) is 17.7 Å². The Kier molecular flexibility index (Phi) is 7.28. The van der Waals surface area contributed by atoms with Crippen molar-refractivity contribution < 1.29 is 14.6 Å². The smallest absolute Gasteiger partial charge is 0.407 e. The molecule has 0 aliphatic heterocycles. The third-order valence-electron chi connectivity index (χ3n) is 2.55. The van der Waals surface area contributed by atoms with Crippen LogP contribution in [-0.2, 0) is 11.3 Å². The highest BCUT2D eigenvalue weighted by molar-refractivity contribution is 5.67. The highest BCUT2D eigenvalue weighted by Gasteiger charge is 2.03. The van der Waals surface area contributed by atoms with Gasteiger partial charge in [-0.15, -0.1) is 0 Å². The van der Waals surface area contributed by atoms with E-state index in [0.717, 1.165) is 11.8 Å². The van der Waals surface area contributed by atoms with E-state index < -0.39 is 6.09 Å². The van der Waals surface area contributed by atoms with E-state index in [9.17, 15) is 4.79 Å². The minimum Gasteiger partial charge on any atom is -0.505 e. The molecule has 6 nitrogen and oxygen atoms in total. The van der Waals surface area contributed by atoms with Crippen LogP contribution in [0.5, 0.6) is 0 Å². The molecule has 6 heteroatoms. The largest absolute Gasteiger partial charge is 0.505 e. The molecule has 106 valence electrons. The number of carbonyl (C=O) groups is 1. The van der Waals surface area contributed by atoms with E-state index in [1.54, 1.807) is 0 Å². The van der Waals surface area contributed by atoms with Gasteiger partial charge in [0.15, 0.2) is 10.7 Å². The van der Waals surface area contributed by atoms with Crippen LogP contribution in [0.2, 0.25) is 0 Å². The fourth-order valence-corrected chi connectivity index (χ4v) is 1.53. The molecule has 0 aliphatic rings. The number of ether oxygens (including phenoxy) is 1. The number of allylic oxidation sites excluding steroid dienone is 1. The standard InChI is InChI=1S/C14H17N3O3/c15-17-10-13(18)8-4-5-9-16-14(19)20-11-12-6-2-1-3-7-12/h1-3,6-7,10H,4-5,8-9,11H2,(H-,16,18,19)/p+1/b13-10+. The van der Waals surface area contributed by atoms with E-state index >= 15 is 0 Å². The Bertz CT molecular complexity index is 480. The molecule has 0 saturated carbocycles. The Morgan fingerprint density at radius 2 is 2.10 bits per heavy atom. The predicted molar refractivity (Wildman–Crippen MR) is 74.3 cm³/mol. The topological polar surface area (TPSA) is 86.7 Å². The average Bonchev–Trinajstić information content (AvgIpc) is 2.46. The van der Waals surface area contributed by atoms with Gasteiger partial charge >= 0.3 is 12.3 Å². The van der Waals surface area contributed by atoms with Crippen LogP contribution in [0.1, 0.15) is 24.8 Å². The minimum absolute atomic E-state index is 0.0131. The fourth-order valence-electron chi connectivity index (χ4n) is 1.53. The fraction of sp³-hybridized carbons (Fsp3) is 0.357. The van der Waals surface area contributed by atoms with Gasteiger partial charge in [-0.3, -0.25) is 0 Å². The number of hydrogen-bond acceptors (Lipinski definition) is 4. The Morgan fingerprint density at radius 1 is 1.35 bits per heavy atom. The Labute approximate surface area is 117 Å². The zero-order valence-corrected chi connectivity index (χ0v) is 11.2. The van der Waals surface area contributed by atoms with Crippen molar-refractivity contribution in [1.29, 1.82) is 5.39 Å². The quantitative estimate of drug-likeness (QED) is 0.454. The van der Waals surface area contributed by atoms with Crippen LogP contribution >= 0.6 is 0 Å². The lowest BCUT2D eigenvalue weighted by Crippen LogP contribution is -2.25. The highest BCUT2D eigenvalue weighted by Crippen LogP contribution is 2.04. The number of diazo groups is 1. The van der Waals surface area contributed by atoms with Crippen molar-refractivity contribution in [2.24, 2.45) is 0 Å². The van der Waals surface area contributed by atoms with Crippen molar-refractivity contribution in [2.75, 3.05) is 6.54 Å². The maximum Gasteiger partial charge on any atom is 0.407 e. The molecule has 1 aromatic carbocycles. The summed E-state index contributed by atoms with van der Waals surface area (Å²) in [5, 5.41) is 20.0. The first-order chi connectivity index (χ1) is 9.72. The van der Waals surface area contributed by atoms with Gasteiger partial charge in [-0.25, -0.2) is 4.79 Å². The summed E-state index contributed by atoms with van der Waals surface area (Å²) in [5.41, 5.74) is 0.936. The van der Waals surface area contributed by atoms with Gasteiger partial charge in [-0.05, 0) is 18.4 Å². The number of unbranched alkanes of at least 4 members (excludes halogenated alkanes) is 1. The van der Waals surface area contributed by atoms with Gasteiger partial charge in [0, 0.05) is 13.0 Å². The summed E-state index contributed by atoms with van der Waals surface area (Å²) >= 11 is 0. The zero-order chi connectivity index (χ0) is 14.6. The first-order valence-electron chi connectivity index (χ1n) is 6.39. The van der Waals surface area contributed by atoms with Crippen molar-refractivity contribution in [3.63, 3.8) is 0 Å². The average molecular weight is 276 g/mol.